The van der Waals surface area contributed by atoms with Gasteiger partial charge in [-0.1, -0.05) is 36.0 Å². The van der Waals surface area contributed by atoms with Gasteiger partial charge < -0.3 is 14.5 Å². The van der Waals surface area contributed by atoms with Gasteiger partial charge in [0, 0.05) is 21.2 Å². The molecule has 0 aliphatic carbocycles. The van der Waals surface area contributed by atoms with E-state index in [1.807, 2.05) is 6.07 Å². The first-order valence-electron chi connectivity index (χ1n) is 10.2. The molecule has 1 heterocycles. The lowest BCUT2D eigenvalue weighted by atomic mass is 10.1. The summed E-state index contributed by atoms with van der Waals surface area (Å²) in [5, 5.41) is 9.32. The number of nitrogens with one attached hydrogen (secondary N) is 1. The first-order chi connectivity index (χ1) is 15.9. The van der Waals surface area contributed by atoms with Gasteiger partial charge in [-0.15, -0.1) is 0 Å². The molecule has 0 atom stereocenters. The number of aromatic nitrogens is 1. The highest BCUT2D eigenvalue weighted by Gasteiger charge is 2.26. The van der Waals surface area contributed by atoms with E-state index >= 15 is 0 Å². The van der Waals surface area contributed by atoms with Crippen LogP contribution >= 0.6 is 11.8 Å². The van der Waals surface area contributed by atoms with E-state index in [9.17, 15) is 19.6 Å². The first kappa shape index (κ1) is 23.8. The van der Waals surface area contributed by atoms with Crippen LogP contribution in [0.2, 0.25) is 0 Å². The Balaban J connectivity index is 1.79. The molecule has 0 saturated heterocycles. The van der Waals surface area contributed by atoms with Crippen LogP contribution in [-0.4, -0.2) is 35.9 Å². The predicted octanol–water partition coefficient (Wildman–Crippen LogP) is 4.87. The first-order valence-corrected chi connectivity index (χ1v) is 11.0. The van der Waals surface area contributed by atoms with E-state index in [0.717, 1.165) is 0 Å². The lowest BCUT2D eigenvalue weighted by Gasteiger charge is -2.10. The van der Waals surface area contributed by atoms with Crippen LogP contribution in [0.15, 0.2) is 58.3 Å². The number of hydrogen-bond acceptors (Lipinski definition) is 7. The van der Waals surface area contributed by atoms with Gasteiger partial charge in [0.25, 0.3) is 0 Å². The van der Waals surface area contributed by atoms with Crippen LogP contribution in [0.4, 0.5) is 0 Å². The van der Waals surface area contributed by atoms with E-state index < -0.39 is 24.3 Å². The molecule has 8 heteroatoms. The van der Waals surface area contributed by atoms with Crippen molar-refractivity contribution in [1.29, 1.82) is 5.26 Å². The Morgan fingerprint density at radius 2 is 1.55 bits per heavy atom. The topological polar surface area (TPSA) is 109 Å². The highest BCUT2D eigenvalue weighted by Crippen LogP contribution is 2.33. The van der Waals surface area contributed by atoms with E-state index in [-0.39, 0.29) is 23.3 Å². The number of rotatable bonds is 8. The van der Waals surface area contributed by atoms with Crippen LogP contribution in [0.3, 0.4) is 0 Å². The van der Waals surface area contributed by atoms with Crippen molar-refractivity contribution in [2.45, 2.75) is 30.6 Å². The van der Waals surface area contributed by atoms with E-state index in [0.29, 0.717) is 26.7 Å². The van der Waals surface area contributed by atoms with Gasteiger partial charge in [0.2, 0.25) is 5.78 Å². The summed E-state index contributed by atoms with van der Waals surface area (Å²) in [5.74, 6) is -1.79. The van der Waals surface area contributed by atoms with Crippen LogP contribution in [0.1, 0.15) is 54.9 Å². The zero-order chi connectivity index (χ0) is 24.0. The minimum absolute atomic E-state index is 0.152. The minimum atomic E-state index is -0.677. The van der Waals surface area contributed by atoms with Gasteiger partial charge in [-0.2, -0.15) is 5.26 Å². The molecule has 0 radical (unpaired) electrons. The minimum Gasteiger partial charge on any atom is -0.462 e. The van der Waals surface area contributed by atoms with Crippen molar-refractivity contribution >= 4 is 29.5 Å². The third-order valence-electron chi connectivity index (χ3n) is 4.80. The van der Waals surface area contributed by atoms with E-state index in [1.54, 1.807) is 63.2 Å². The lowest BCUT2D eigenvalue weighted by molar-refractivity contribution is 0.0469. The Kier molecular flexibility index (Phi) is 7.70. The maximum atomic E-state index is 12.9. The number of hydrogen-bond donors (Lipinski definition) is 1. The number of ether oxygens (including phenoxy) is 2. The Labute approximate surface area is 195 Å². The summed E-state index contributed by atoms with van der Waals surface area (Å²) >= 11 is 1.27. The molecule has 0 unspecified atom stereocenters. The second kappa shape index (κ2) is 10.7. The van der Waals surface area contributed by atoms with Crippen LogP contribution in [0, 0.1) is 25.2 Å². The number of ketones is 1. The van der Waals surface area contributed by atoms with E-state index in [2.05, 4.69) is 11.1 Å². The average molecular weight is 463 g/mol. The maximum absolute atomic E-state index is 12.9. The Morgan fingerprint density at radius 1 is 0.909 bits per heavy atom. The van der Waals surface area contributed by atoms with Crippen LogP contribution in [-0.2, 0) is 9.47 Å². The molecule has 0 aliphatic rings. The molecule has 168 valence electrons. The van der Waals surface area contributed by atoms with Crippen molar-refractivity contribution in [2.75, 3.05) is 13.2 Å². The van der Waals surface area contributed by atoms with Gasteiger partial charge >= 0.3 is 11.9 Å². The van der Waals surface area contributed by atoms with Crippen molar-refractivity contribution in [3.63, 3.8) is 0 Å². The molecule has 3 rings (SSSR count). The second-order valence-corrected chi connectivity index (χ2v) is 8.13. The average Bonchev–Trinajstić information content (AvgIpc) is 3.11. The zero-order valence-electron chi connectivity index (χ0n) is 18.4. The molecule has 0 aliphatic heterocycles. The molecule has 0 spiro atoms. The number of H-pyrrole nitrogens is 1. The van der Waals surface area contributed by atoms with Crippen LogP contribution in [0.5, 0.6) is 0 Å². The summed E-state index contributed by atoms with van der Waals surface area (Å²) < 4.78 is 10.4. The standard InChI is InChI=1S/C25H22N2O5S/c1-4-31-25(30)23-16(3)27-15(2)22(23)19(28)14-32-24(29)18-10-6-8-12-21(18)33-20-11-7-5-9-17(20)13-26/h5-12,27H,4,14H2,1-3H3. The number of carbonyl (C=O) groups is 3. The number of nitrogens with zero attached hydrogens (tertiary/aromatic N) is 1. The summed E-state index contributed by atoms with van der Waals surface area (Å²) in [6, 6.07) is 16.0. The molecular formula is C25H22N2O5S. The molecular weight excluding hydrogens is 440 g/mol. The molecule has 33 heavy (non-hydrogen) atoms. The number of aromatic amines is 1. The maximum Gasteiger partial charge on any atom is 0.340 e. The fraction of sp³-hybridized carbons (Fsp3) is 0.200. The molecule has 1 N–H and O–H groups in total. The molecule has 7 nitrogen and oxygen atoms in total. The predicted molar refractivity (Wildman–Crippen MR) is 123 cm³/mol. The van der Waals surface area contributed by atoms with Gasteiger partial charge in [0.05, 0.1) is 28.9 Å². The quantitative estimate of drug-likeness (QED) is 0.376. The second-order valence-electron chi connectivity index (χ2n) is 7.05. The molecule has 0 amide bonds. The number of benzene rings is 2. The highest BCUT2D eigenvalue weighted by atomic mass is 32.2. The van der Waals surface area contributed by atoms with Crippen LogP contribution < -0.4 is 0 Å². The highest BCUT2D eigenvalue weighted by molar-refractivity contribution is 7.99. The molecule has 0 bridgehead atoms. The third-order valence-corrected chi connectivity index (χ3v) is 5.95. The molecule has 2 aromatic carbocycles. The number of carbonyl (C=O) groups excluding carboxylic acids is 3. The van der Waals surface area contributed by atoms with Gasteiger partial charge in [0.15, 0.2) is 6.61 Å². The Hall–Kier alpha value is -3.83. The number of esters is 2. The Bertz CT molecular complexity index is 1260. The summed E-state index contributed by atoms with van der Waals surface area (Å²) in [6.45, 7) is 4.67. The number of Topliss-reactive ketones (excluding diaryl/α,β-unsaturated/α-hetero) is 1. The summed E-state index contributed by atoms with van der Waals surface area (Å²) in [7, 11) is 0. The fourth-order valence-electron chi connectivity index (χ4n) is 3.36. The summed E-state index contributed by atoms with van der Waals surface area (Å²) in [6.07, 6.45) is 0. The van der Waals surface area contributed by atoms with Crippen molar-refractivity contribution < 1.29 is 23.9 Å². The van der Waals surface area contributed by atoms with Crippen molar-refractivity contribution in [3.05, 3.63) is 82.2 Å². The zero-order valence-corrected chi connectivity index (χ0v) is 19.2. The molecule has 3 aromatic rings. The van der Waals surface area contributed by atoms with Gasteiger partial charge in [-0.3, -0.25) is 4.79 Å². The van der Waals surface area contributed by atoms with Gasteiger partial charge in [-0.05, 0) is 45.0 Å². The van der Waals surface area contributed by atoms with Gasteiger partial charge in [-0.25, -0.2) is 9.59 Å². The monoisotopic (exact) mass is 462 g/mol. The van der Waals surface area contributed by atoms with E-state index in [4.69, 9.17) is 9.47 Å². The molecule has 1 aromatic heterocycles. The Morgan fingerprint density at radius 3 is 2.24 bits per heavy atom. The molecule has 0 saturated carbocycles. The molecule has 0 fully saturated rings. The summed E-state index contributed by atoms with van der Waals surface area (Å²) in [5.41, 5.74) is 2.09. The van der Waals surface area contributed by atoms with Crippen molar-refractivity contribution in [1.82, 2.24) is 4.98 Å². The third kappa shape index (κ3) is 5.33. The normalized spacial score (nSPS) is 10.4. The lowest BCUT2D eigenvalue weighted by Crippen LogP contribution is -2.18. The fourth-order valence-corrected chi connectivity index (χ4v) is 4.38. The summed E-state index contributed by atoms with van der Waals surface area (Å²) in [4.78, 5) is 42.2. The number of aryl methyl sites for hydroxylation is 2. The SMILES string of the molecule is CCOC(=O)c1c(C)[nH]c(C)c1C(=O)COC(=O)c1ccccc1Sc1ccccc1C#N. The van der Waals surface area contributed by atoms with Crippen molar-refractivity contribution in [2.24, 2.45) is 0 Å². The number of nitriles is 1. The van der Waals surface area contributed by atoms with E-state index in [1.165, 1.54) is 11.8 Å². The van der Waals surface area contributed by atoms with Crippen molar-refractivity contribution in [3.8, 4) is 6.07 Å². The van der Waals surface area contributed by atoms with Gasteiger partial charge in [0.1, 0.15) is 6.07 Å². The smallest absolute Gasteiger partial charge is 0.340 e. The largest absolute Gasteiger partial charge is 0.462 e. The van der Waals surface area contributed by atoms with Crippen LogP contribution in [0.25, 0.3) is 0 Å².